The summed E-state index contributed by atoms with van der Waals surface area (Å²) in [6, 6.07) is 16.9. The van der Waals surface area contributed by atoms with Gasteiger partial charge in [-0.3, -0.25) is 10.1 Å². The molecule has 0 spiro atoms. The molecular weight excluding hydrogens is 390 g/mol. The van der Waals surface area contributed by atoms with Crippen LogP contribution in [-0.2, 0) is 0 Å². The molecule has 25 heavy (non-hydrogen) atoms. The van der Waals surface area contributed by atoms with Crippen molar-refractivity contribution >= 4 is 28.4 Å². The molecule has 0 N–H and O–H groups in total. The highest BCUT2D eigenvalue weighted by molar-refractivity contribution is 7.32. The summed E-state index contributed by atoms with van der Waals surface area (Å²) in [7, 11) is -4.94. The summed E-state index contributed by atoms with van der Waals surface area (Å²) in [5.74, 6) is 0. The van der Waals surface area contributed by atoms with Gasteiger partial charge in [0.1, 0.15) is 0 Å². The molecule has 0 saturated heterocycles. The van der Waals surface area contributed by atoms with Gasteiger partial charge in [-0.05, 0) is 12.1 Å². The minimum atomic E-state index is -4.94. The normalized spacial score (nSPS) is 10.7. The molecule has 0 atom stereocenters. The molecule has 0 radical (unpaired) electrons. The number of nitro groups is 1. The molecule has 3 aromatic rings. The summed E-state index contributed by atoms with van der Waals surface area (Å²) < 4.78 is 36.1. The van der Waals surface area contributed by atoms with E-state index < -0.39 is 10.2 Å². The van der Waals surface area contributed by atoms with Gasteiger partial charge in [0.05, 0.1) is 27.6 Å². The molecule has 0 aliphatic rings. The number of rotatable bonds is 3. The first-order chi connectivity index (χ1) is 11.8. The van der Waals surface area contributed by atoms with Crippen LogP contribution in [0, 0.1) is 20.4 Å². The smallest absolute Gasteiger partial charge is 0.258 e. The van der Waals surface area contributed by atoms with Crippen LogP contribution in [0.4, 0.5) is 5.69 Å². The molecule has 0 aliphatic carbocycles. The molecule has 1 heterocycles. The van der Waals surface area contributed by atoms with Gasteiger partial charge in [0.15, 0.2) is 9.75 Å². The number of non-ortho nitro benzene ring substituents is 1. The van der Waals surface area contributed by atoms with Gasteiger partial charge < -0.3 is 0 Å². The molecule has 0 amide bonds. The molecule has 0 saturated carbocycles. The van der Waals surface area contributed by atoms with Crippen molar-refractivity contribution in [2.75, 3.05) is 0 Å². The van der Waals surface area contributed by atoms with E-state index in [1.807, 2.05) is 30.3 Å². The van der Waals surface area contributed by atoms with Gasteiger partial charge in [0.2, 0.25) is 4.69 Å². The van der Waals surface area contributed by atoms with E-state index in [-0.39, 0.29) is 10.6 Å². The highest BCUT2D eigenvalue weighted by atomic mass is 35.7. The fourth-order valence-corrected chi connectivity index (χ4v) is 4.19. The first-order valence-electron chi connectivity index (χ1n) is 6.57. The zero-order valence-electron chi connectivity index (χ0n) is 12.4. The Labute approximate surface area is 152 Å². The second-order valence-corrected chi connectivity index (χ2v) is 7.35. The third-order valence-corrected chi connectivity index (χ3v) is 5.16. The van der Waals surface area contributed by atoms with Gasteiger partial charge >= 0.3 is 0 Å². The fraction of sp³-hybridized carbons (Fsp3) is 0. The van der Waals surface area contributed by atoms with Crippen molar-refractivity contribution in [1.82, 2.24) is 0 Å². The van der Waals surface area contributed by atoms with Crippen molar-refractivity contribution in [2.45, 2.75) is 0 Å². The molecule has 0 unspecified atom stereocenters. The maximum atomic E-state index is 10.7. The van der Waals surface area contributed by atoms with Gasteiger partial charge in [0, 0.05) is 23.3 Å². The van der Waals surface area contributed by atoms with E-state index >= 15 is 0 Å². The van der Waals surface area contributed by atoms with Crippen LogP contribution >= 0.6 is 22.7 Å². The lowest BCUT2D eigenvalue weighted by Crippen LogP contribution is -2.68. The van der Waals surface area contributed by atoms with Crippen LogP contribution in [0.5, 0.6) is 0 Å². The summed E-state index contributed by atoms with van der Waals surface area (Å²) in [5.41, 5.74) is 2.31. The quantitative estimate of drug-likeness (QED) is 0.359. The summed E-state index contributed by atoms with van der Waals surface area (Å²) in [5, 5.41) is 10.7. The molecule has 130 valence electrons. The number of nitro benzene ring substituents is 1. The van der Waals surface area contributed by atoms with Gasteiger partial charge in [-0.2, -0.15) is 0 Å². The van der Waals surface area contributed by atoms with Crippen LogP contribution in [0.25, 0.3) is 20.9 Å². The van der Waals surface area contributed by atoms with Crippen molar-refractivity contribution in [3.8, 4) is 20.9 Å². The zero-order chi connectivity index (χ0) is 18.4. The van der Waals surface area contributed by atoms with E-state index in [0.29, 0.717) is 0 Å². The van der Waals surface area contributed by atoms with Crippen molar-refractivity contribution < 1.29 is 33.8 Å². The second kappa shape index (κ2) is 8.41. The van der Waals surface area contributed by atoms with Crippen LogP contribution in [-0.4, -0.2) is 4.92 Å². The minimum absolute atomic E-state index is 0.121. The Morgan fingerprint density at radius 2 is 1.44 bits per heavy atom. The van der Waals surface area contributed by atoms with E-state index in [9.17, 15) is 10.1 Å². The third kappa shape index (κ3) is 6.11. The molecule has 0 bridgehead atoms. The number of hydrogen-bond donors (Lipinski definition) is 0. The highest BCUT2D eigenvalue weighted by Gasteiger charge is 2.20. The van der Waals surface area contributed by atoms with E-state index in [2.05, 4.69) is 16.8 Å². The zero-order valence-corrected chi connectivity index (χ0v) is 14.8. The van der Waals surface area contributed by atoms with Gasteiger partial charge in [-0.25, -0.2) is 18.6 Å². The number of hydrogen-bond acceptors (Lipinski definition) is 7. The van der Waals surface area contributed by atoms with Crippen molar-refractivity contribution in [3.05, 3.63) is 69.4 Å². The Morgan fingerprint density at radius 3 is 1.96 bits per heavy atom. The molecular formula is C15H10ClNO6S2. The topological polar surface area (TPSA) is 135 Å². The first-order valence-corrected chi connectivity index (χ1v) is 9.56. The van der Waals surface area contributed by atoms with Crippen LogP contribution in [0.3, 0.4) is 0 Å². The lowest BCUT2D eigenvalue weighted by Gasteiger charge is -2.17. The molecule has 0 fully saturated rings. The van der Waals surface area contributed by atoms with Crippen molar-refractivity contribution in [2.24, 2.45) is 0 Å². The maximum Gasteiger partial charge on any atom is 0.269 e. The van der Waals surface area contributed by atoms with Gasteiger partial charge in [-0.1, -0.05) is 30.3 Å². The predicted molar refractivity (Wildman–Crippen MR) is 84.1 cm³/mol. The molecule has 0 aliphatic heterocycles. The van der Waals surface area contributed by atoms with Gasteiger partial charge in [-0.15, -0.1) is 10.2 Å². The van der Waals surface area contributed by atoms with Gasteiger partial charge in [0.25, 0.3) is 5.69 Å². The van der Waals surface area contributed by atoms with Crippen molar-refractivity contribution in [3.63, 3.8) is 0 Å². The summed E-state index contributed by atoms with van der Waals surface area (Å²) >= 11 is 3.35. The second-order valence-electron chi connectivity index (χ2n) is 4.54. The average Bonchev–Trinajstić information content (AvgIpc) is 3.04. The Kier molecular flexibility index (Phi) is 6.51. The summed E-state index contributed by atoms with van der Waals surface area (Å²) in [4.78, 5) is 12.7. The lowest BCUT2D eigenvalue weighted by atomic mass is 10.1. The standard InChI is InChI=1S/C15H10NO2S2.ClHO4/c17-16(18)13-8-6-12(7-9-13)15-14(19-10-20-15)11-4-2-1-3-5-11;2-1(3,4)5/h1-10H;(H,2,3,4,5)/q+1;/p-1. The molecule has 1 aromatic heterocycles. The molecule has 2 aromatic carbocycles. The Morgan fingerprint density at radius 1 is 0.880 bits per heavy atom. The summed E-state index contributed by atoms with van der Waals surface area (Å²) in [6.45, 7) is 0. The SMILES string of the molecule is O=[N+]([O-])c1ccc(-c2sc[s+]c2-c2ccccc2)cc1.[O-][Cl+3]([O-])([O-])[O-]. The Bertz CT molecular complexity index is 827. The largest absolute Gasteiger partial charge is 0.269 e. The first kappa shape index (κ1) is 19.3. The van der Waals surface area contributed by atoms with Crippen LogP contribution in [0.1, 0.15) is 0 Å². The molecule has 3 rings (SSSR count). The molecule has 7 nitrogen and oxygen atoms in total. The van der Waals surface area contributed by atoms with E-state index in [0.717, 1.165) is 10.4 Å². The maximum absolute atomic E-state index is 10.7. The minimum Gasteiger partial charge on any atom is -0.258 e. The average molecular weight is 400 g/mol. The number of benzene rings is 2. The Hall–Kier alpha value is -1.98. The Balaban J connectivity index is 0.000000399. The predicted octanol–water partition coefficient (Wildman–Crippen LogP) is 0.577. The van der Waals surface area contributed by atoms with E-state index in [1.165, 1.54) is 10.4 Å². The lowest BCUT2D eigenvalue weighted by molar-refractivity contribution is -2.00. The third-order valence-electron chi connectivity index (χ3n) is 2.91. The molecule has 10 heteroatoms. The van der Waals surface area contributed by atoms with Crippen LogP contribution in [0.2, 0.25) is 0 Å². The number of nitrogens with zero attached hydrogens (tertiary/aromatic N) is 1. The number of halogens is 1. The monoisotopic (exact) mass is 399 g/mol. The van der Waals surface area contributed by atoms with Crippen LogP contribution in [0.15, 0.2) is 59.3 Å². The summed E-state index contributed by atoms with van der Waals surface area (Å²) in [6.07, 6.45) is 0. The van der Waals surface area contributed by atoms with Crippen molar-refractivity contribution in [1.29, 1.82) is 0 Å². The van der Waals surface area contributed by atoms with Crippen LogP contribution < -0.4 is 18.6 Å². The van der Waals surface area contributed by atoms with E-state index in [4.69, 9.17) is 18.6 Å². The fourth-order valence-electron chi connectivity index (χ4n) is 1.95. The van der Waals surface area contributed by atoms with E-state index in [1.54, 1.807) is 34.8 Å². The highest BCUT2D eigenvalue weighted by Crippen LogP contribution is 2.40.